The molecule has 1 atom stereocenters. The minimum atomic E-state index is -0.469. The molecule has 1 aromatic carbocycles. The smallest absolute Gasteiger partial charge is 0.0616 e. The minimum absolute atomic E-state index is 0.0346. The first-order valence-electron chi connectivity index (χ1n) is 5.47. The monoisotopic (exact) mass is 239 g/mol. The van der Waals surface area contributed by atoms with Crippen molar-refractivity contribution in [3.8, 4) is 0 Å². The Morgan fingerprint density at radius 1 is 1.25 bits per heavy atom. The zero-order valence-electron chi connectivity index (χ0n) is 10.3. The van der Waals surface area contributed by atoms with E-state index in [1.54, 1.807) is 11.8 Å². The van der Waals surface area contributed by atoms with Crippen molar-refractivity contribution < 1.29 is 5.11 Å². The number of rotatable bonds is 5. The summed E-state index contributed by atoms with van der Waals surface area (Å²) in [4.78, 5) is 0. The number of nitrogens with two attached hydrogens (primary N) is 1. The van der Waals surface area contributed by atoms with Crippen molar-refractivity contribution >= 4 is 11.8 Å². The quantitative estimate of drug-likeness (QED) is 0.828. The Morgan fingerprint density at radius 2 is 1.81 bits per heavy atom. The van der Waals surface area contributed by atoms with Gasteiger partial charge in [-0.25, -0.2) is 0 Å². The second kappa shape index (κ2) is 5.71. The van der Waals surface area contributed by atoms with Crippen LogP contribution < -0.4 is 5.73 Å². The number of aryl methyl sites for hydroxylation is 2. The summed E-state index contributed by atoms with van der Waals surface area (Å²) in [5.74, 6) is 1.73. The first kappa shape index (κ1) is 13.6. The zero-order valence-corrected chi connectivity index (χ0v) is 11.1. The van der Waals surface area contributed by atoms with Gasteiger partial charge in [-0.3, -0.25) is 0 Å². The van der Waals surface area contributed by atoms with Gasteiger partial charge in [0.1, 0.15) is 0 Å². The third-order valence-corrected chi connectivity index (χ3v) is 3.74. The molecule has 0 spiro atoms. The fraction of sp³-hybridized carbons (Fsp3) is 0.538. The number of hydrogen-bond donors (Lipinski definition) is 2. The maximum Gasteiger partial charge on any atom is 0.0616 e. The van der Waals surface area contributed by atoms with E-state index in [9.17, 15) is 0 Å². The third-order valence-electron chi connectivity index (χ3n) is 2.34. The summed E-state index contributed by atoms with van der Waals surface area (Å²) in [6, 6.07) is 6.58. The lowest BCUT2D eigenvalue weighted by molar-refractivity contribution is 0.224. The highest BCUT2D eigenvalue weighted by Gasteiger charge is 2.16. The van der Waals surface area contributed by atoms with Crippen molar-refractivity contribution in [2.45, 2.75) is 32.1 Å². The molecular formula is C13H21NOS. The van der Waals surface area contributed by atoms with Gasteiger partial charge in [0, 0.05) is 17.0 Å². The normalized spacial score (nSPS) is 14.8. The Morgan fingerprint density at radius 3 is 2.31 bits per heavy atom. The van der Waals surface area contributed by atoms with Crippen molar-refractivity contribution in [2.75, 3.05) is 12.4 Å². The molecule has 0 heterocycles. The van der Waals surface area contributed by atoms with Crippen molar-refractivity contribution in [3.05, 3.63) is 34.9 Å². The van der Waals surface area contributed by atoms with E-state index in [1.165, 1.54) is 16.7 Å². The molecular weight excluding hydrogens is 218 g/mol. The molecule has 3 heteroatoms. The number of aliphatic hydroxyl groups is 1. The fourth-order valence-electron chi connectivity index (χ4n) is 1.60. The maximum absolute atomic E-state index is 9.04. The molecule has 1 aromatic rings. The van der Waals surface area contributed by atoms with Crippen LogP contribution in [0.15, 0.2) is 18.2 Å². The van der Waals surface area contributed by atoms with Crippen LogP contribution in [0.1, 0.15) is 23.6 Å². The summed E-state index contributed by atoms with van der Waals surface area (Å²) in [6.07, 6.45) is 0. The van der Waals surface area contributed by atoms with Crippen molar-refractivity contribution in [1.29, 1.82) is 0 Å². The number of aliphatic hydroxyl groups excluding tert-OH is 1. The van der Waals surface area contributed by atoms with Gasteiger partial charge in [-0.2, -0.15) is 11.8 Å². The van der Waals surface area contributed by atoms with E-state index in [-0.39, 0.29) is 6.61 Å². The van der Waals surface area contributed by atoms with Gasteiger partial charge in [-0.15, -0.1) is 0 Å². The van der Waals surface area contributed by atoms with E-state index < -0.39 is 5.54 Å². The van der Waals surface area contributed by atoms with Crippen LogP contribution in [0.4, 0.5) is 0 Å². The van der Waals surface area contributed by atoms with Gasteiger partial charge in [-0.1, -0.05) is 29.3 Å². The molecule has 3 N–H and O–H groups in total. The van der Waals surface area contributed by atoms with Gasteiger partial charge in [0.25, 0.3) is 0 Å². The van der Waals surface area contributed by atoms with E-state index in [0.717, 1.165) is 11.5 Å². The summed E-state index contributed by atoms with van der Waals surface area (Å²) in [6.45, 7) is 6.14. The minimum Gasteiger partial charge on any atom is -0.394 e. The zero-order chi connectivity index (χ0) is 12.2. The lowest BCUT2D eigenvalue weighted by atomic mass is 10.1. The maximum atomic E-state index is 9.04. The van der Waals surface area contributed by atoms with Crippen LogP contribution in [0.25, 0.3) is 0 Å². The second-order valence-electron chi connectivity index (χ2n) is 4.80. The van der Waals surface area contributed by atoms with E-state index in [0.29, 0.717) is 0 Å². The summed E-state index contributed by atoms with van der Waals surface area (Å²) < 4.78 is 0. The molecule has 0 aliphatic heterocycles. The van der Waals surface area contributed by atoms with Gasteiger partial charge in [0.05, 0.1) is 6.61 Å². The summed E-state index contributed by atoms with van der Waals surface area (Å²) >= 11 is 1.77. The van der Waals surface area contributed by atoms with E-state index >= 15 is 0 Å². The molecule has 0 radical (unpaired) electrons. The van der Waals surface area contributed by atoms with Crippen LogP contribution in [0, 0.1) is 13.8 Å². The molecule has 0 aliphatic carbocycles. The average Bonchev–Trinajstić information content (AvgIpc) is 2.16. The molecule has 0 saturated heterocycles. The van der Waals surface area contributed by atoms with Gasteiger partial charge in [0.15, 0.2) is 0 Å². The largest absolute Gasteiger partial charge is 0.394 e. The Bertz CT molecular complexity index is 330. The molecule has 0 bridgehead atoms. The predicted molar refractivity (Wildman–Crippen MR) is 71.8 cm³/mol. The third kappa shape index (κ3) is 4.56. The van der Waals surface area contributed by atoms with Gasteiger partial charge in [-0.05, 0) is 26.3 Å². The highest BCUT2D eigenvalue weighted by atomic mass is 32.2. The molecule has 0 fully saturated rings. The summed E-state index contributed by atoms with van der Waals surface area (Å²) in [7, 11) is 0. The Hall–Kier alpha value is -0.510. The highest BCUT2D eigenvalue weighted by Crippen LogP contribution is 2.18. The van der Waals surface area contributed by atoms with Gasteiger partial charge < -0.3 is 10.8 Å². The van der Waals surface area contributed by atoms with Crippen LogP contribution in [-0.4, -0.2) is 23.0 Å². The Kier molecular flexibility index (Phi) is 4.84. The molecule has 1 rings (SSSR count). The van der Waals surface area contributed by atoms with Crippen LogP contribution in [0.2, 0.25) is 0 Å². The average molecular weight is 239 g/mol. The SMILES string of the molecule is Cc1cc(C)cc(CSCC(C)(N)CO)c1. The first-order valence-corrected chi connectivity index (χ1v) is 6.63. The van der Waals surface area contributed by atoms with Gasteiger partial charge >= 0.3 is 0 Å². The van der Waals surface area contributed by atoms with Crippen LogP contribution in [0.3, 0.4) is 0 Å². The molecule has 0 saturated carbocycles. The second-order valence-corrected chi connectivity index (χ2v) is 5.79. The predicted octanol–water partition coefficient (Wildman–Crippen LogP) is 2.25. The number of thioether (sulfide) groups is 1. The van der Waals surface area contributed by atoms with E-state index in [2.05, 4.69) is 32.0 Å². The molecule has 0 amide bonds. The van der Waals surface area contributed by atoms with E-state index in [4.69, 9.17) is 10.8 Å². The lowest BCUT2D eigenvalue weighted by Gasteiger charge is -2.20. The van der Waals surface area contributed by atoms with Gasteiger partial charge in [0.2, 0.25) is 0 Å². The van der Waals surface area contributed by atoms with Crippen LogP contribution in [-0.2, 0) is 5.75 Å². The molecule has 2 nitrogen and oxygen atoms in total. The fourth-order valence-corrected chi connectivity index (χ4v) is 2.66. The van der Waals surface area contributed by atoms with Crippen molar-refractivity contribution in [1.82, 2.24) is 0 Å². The van der Waals surface area contributed by atoms with Crippen molar-refractivity contribution in [2.24, 2.45) is 5.73 Å². The highest BCUT2D eigenvalue weighted by molar-refractivity contribution is 7.98. The van der Waals surface area contributed by atoms with Crippen LogP contribution in [0.5, 0.6) is 0 Å². The standard InChI is InChI=1S/C13H21NOS/c1-10-4-11(2)6-12(5-10)7-16-9-13(3,14)8-15/h4-6,15H,7-9,14H2,1-3H3. The molecule has 0 aliphatic rings. The summed E-state index contributed by atoms with van der Waals surface area (Å²) in [5.41, 5.74) is 9.33. The number of benzene rings is 1. The van der Waals surface area contributed by atoms with Crippen LogP contribution >= 0.6 is 11.8 Å². The summed E-state index contributed by atoms with van der Waals surface area (Å²) in [5, 5.41) is 9.04. The Balaban J connectivity index is 2.49. The molecule has 90 valence electrons. The molecule has 1 unspecified atom stereocenters. The molecule has 16 heavy (non-hydrogen) atoms. The Labute approximate surface area is 102 Å². The number of hydrogen-bond acceptors (Lipinski definition) is 3. The lowest BCUT2D eigenvalue weighted by Crippen LogP contribution is -2.42. The first-order chi connectivity index (χ1) is 7.43. The van der Waals surface area contributed by atoms with E-state index in [1.807, 2.05) is 6.92 Å². The topological polar surface area (TPSA) is 46.2 Å². The molecule has 0 aromatic heterocycles. The van der Waals surface area contributed by atoms with Crippen molar-refractivity contribution in [3.63, 3.8) is 0 Å².